The SMILES string of the molecule is COC(=O)c1cccc(S(=O)(=O)NCc2ccc(N(C)C)cc2)c1. The fourth-order valence-corrected chi connectivity index (χ4v) is 3.14. The van der Waals surface area contributed by atoms with E-state index in [1.54, 1.807) is 0 Å². The quantitative estimate of drug-likeness (QED) is 0.808. The van der Waals surface area contributed by atoms with Gasteiger partial charge in [0.1, 0.15) is 0 Å². The lowest BCUT2D eigenvalue weighted by molar-refractivity contribution is 0.0600. The van der Waals surface area contributed by atoms with Crippen molar-refractivity contribution in [2.75, 3.05) is 26.1 Å². The zero-order chi connectivity index (χ0) is 17.7. The van der Waals surface area contributed by atoms with E-state index in [1.165, 1.54) is 31.4 Å². The largest absolute Gasteiger partial charge is 0.465 e. The summed E-state index contributed by atoms with van der Waals surface area (Å²) < 4.78 is 31.9. The van der Waals surface area contributed by atoms with E-state index < -0.39 is 16.0 Å². The summed E-state index contributed by atoms with van der Waals surface area (Å²) in [5.74, 6) is -0.577. The summed E-state index contributed by atoms with van der Waals surface area (Å²) in [4.78, 5) is 13.5. The van der Waals surface area contributed by atoms with Crippen LogP contribution in [0.1, 0.15) is 15.9 Å². The number of methoxy groups -OCH3 is 1. The van der Waals surface area contributed by atoms with E-state index in [-0.39, 0.29) is 17.0 Å². The summed E-state index contributed by atoms with van der Waals surface area (Å²) in [7, 11) is 1.40. The number of carbonyl (C=O) groups excluding carboxylic acids is 1. The monoisotopic (exact) mass is 348 g/mol. The van der Waals surface area contributed by atoms with Crippen LogP contribution in [0.3, 0.4) is 0 Å². The van der Waals surface area contributed by atoms with Gasteiger partial charge >= 0.3 is 5.97 Å². The van der Waals surface area contributed by atoms with E-state index in [1.807, 2.05) is 43.3 Å². The molecule has 0 unspecified atom stereocenters. The molecule has 0 saturated heterocycles. The second-order valence-electron chi connectivity index (χ2n) is 5.40. The van der Waals surface area contributed by atoms with Crippen LogP contribution in [-0.2, 0) is 21.3 Å². The maximum absolute atomic E-state index is 12.4. The third kappa shape index (κ3) is 4.33. The van der Waals surface area contributed by atoms with Crippen LogP contribution in [0.5, 0.6) is 0 Å². The van der Waals surface area contributed by atoms with E-state index in [0.29, 0.717) is 0 Å². The zero-order valence-corrected chi connectivity index (χ0v) is 14.6. The van der Waals surface area contributed by atoms with E-state index >= 15 is 0 Å². The maximum atomic E-state index is 12.4. The number of sulfonamides is 1. The van der Waals surface area contributed by atoms with Crippen LogP contribution >= 0.6 is 0 Å². The highest BCUT2D eigenvalue weighted by atomic mass is 32.2. The topological polar surface area (TPSA) is 75.7 Å². The van der Waals surface area contributed by atoms with Gasteiger partial charge in [-0.1, -0.05) is 18.2 Å². The minimum atomic E-state index is -3.72. The Morgan fingerprint density at radius 3 is 2.38 bits per heavy atom. The molecule has 2 aromatic carbocycles. The van der Waals surface area contributed by atoms with Crippen molar-refractivity contribution in [1.82, 2.24) is 4.72 Å². The molecule has 6 nitrogen and oxygen atoms in total. The first kappa shape index (κ1) is 18.0. The standard InChI is InChI=1S/C17H20N2O4S/c1-19(2)15-9-7-13(8-10-15)12-18-24(21,22)16-6-4-5-14(11-16)17(20)23-3/h4-11,18H,12H2,1-3H3. The Labute approximate surface area is 142 Å². The molecule has 7 heteroatoms. The van der Waals surface area contributed by atoms with Crippen molar-refractivity contribution < 1.29 is 17.9 Å². The molecule has 0 spiro atoms. The molecule has 1 N–H and O–H groups in total. The Kier molecular flexibility index (Phi) is 5.58. The van der Waals surface area contributed by atoms with Gasteiger partial charge in [0.25, 0.3) is 0 Å². The minimum Gasteiger partial charge on any atom is -0.465 e. The molecule has 0 aromatic heterocycles. The highest BCUT2D eigenvalue weighted by Gasteiger charge is 2.16. The van der Waals surface area contributed by atoms with Gasteiger partial charge < -0.3 is 9.64 Å². The Balaban J connectivity index is 2.12. The molecule has 2 rings (SSSR count). The summed E-state index contributed by atoms with van der Waals surface area (Å²) in [6.07, 6.45) is 0. The van der Waals surface area contributed by atoms with Gasteiger partial charge in [0.2, 0.25) is 10.0 Å². The van der Waals surface area contributed by atoms with Crippen LogP contribution in [0.25, 0.3) is 0 Å². The van der Waals surface area contributed by atoms with Crippen LogP contribution < -0.4 is 9.62 Å². The Morgan fingerprint density at radius 2 is 1.79 bits per heavy atom. The lowest BCUT2D eigenvalue weighted by Gasteiger charge is -2.13. The first-order valence-electron chi connectivity index (χ1n) is 7.28. The van der Waals surface area contributed by atoms with Gasteiger partial charge in [-0.3, -0.25) is 0 Å². The average molecular weight is 348 g/mol. The molecule has 2 aromatic rings. The number of nitrogens with one attached hydrogen (secondary N) is 1. The number of esters is 1. The van der Waals surface area contributed by atoms with Gasteiger partial charge in [0.15, 0.2) is 0 Å². The third-order valence-corrected chi connectivity index (χ3v) is 4.88. The molecule has 0 aliphatic carbocycles. The average Bonchev–Trinajstić information content (AvgIpc) is 2.59. The highest BCUT2D eigenvalue weighted by molar-refractivity contribution is 7.89. The number of ether oxygens (including phenoxy) is 1. The van der Waals surface area contributed by atoms with Gasteiger partial charge in [0.05, 0.1) is 17.6 Å². The number of nitrogens with zero attached hydrogens (tertiary/aromatic N) is 1. The Morgan fingerprint density at radius 1 is 1.12 bits per heavy atom. The van der Waals surface area contributed by atoms with Gasteiger partial charge in [-0.05, 0) is 35.9 Å². The normalized spacial score (nSPS) is 11.1. The van der Waals surface area contributed by atoms with E-state index in [9.17, 15) is 13.2 Å². The molecular weight excluding hydrogens is 328 g/mol. The fraction of sp³-hybridized carbons (Fsp3) is 0.235. The van der Waals surface area contributed by atoms with Crippen molar-refractivity contribution in [3.05, 3.63) is 59.7 Å². The van der Waals surface area contributed by atoms with Crippen molar-refractivity contribution in [3.8, 4) is 0 Å². The Hall–Kier alpha value is -2.38. The molecule has 0 aliphatic rings. The van der Waals surface area contributed by atoms with Gasteiger partial charge in [-0.2, -0.15) is 0 Å². The number of benzene rings is 2. The summed E-state index contributed by atoms with van der Waals surface area (Å²) in [5.41, 5.74) is 2.07. The highest BCUT2D eigenvalue weighted by Crippen LogP contribution is 2.15. The lowest BCUT2D eigenvalue weighted by atomic mass is 10.2. The molecule has 128 valence electrons. The zero-order valence-electron chi connectivity index (χ0n) is 13.8. The Bertz CT molecular complexity index is 815. The molecule has 0 radical (unpaired) electrons. The number of anilines is 1. The molecule has 0 saturated carbocycles. The molecule has 0 fully saturated rings. The van der Waals surface area contributed by atoms with Crippen molar-refractivity contribution in [2.45, 2.75) is 11.4 Å². The minimum absolute atomic E-state index is 0.0234. The van der Waals surface area contributed by atoms with Crippen LogP contribution in [0, 0.1) is 0 Å². The summed E-state index contributed by atoms with van der Waals surface area (Å²) in [5, 5.41) is 0. The lowest BCUT2D eigenvalue weighted by Crippen LogP contribution is -2.23. The van der Waals surface area contributed by atoms with Gasteiger partial charge in [-0.25, -0.2) is 17.9 Å². The molecule has 0 bridgehead atoms. The second kappa shape index (κ2) is 7.46. The van der Waals surface area contributed by atoms with Crippen molar-refractivity contribution in [3.63, 3.8) is 0 Å². The third-order valence-electron chi connectivity index (χ3n) is 3.48. The molecule has 0 heterocycles. The first-order valence-corrected chi connectivity index (χ1v) is 8.76. The van der Waals surface area contributed by atoms with Crippen LogP contribution in [0.2, 0.25) is 0 Å². The smallest absolute Gasteiger partial charge is 0.337 e. The number of hydrogen-bond donors (Lipinski definition) is 1. The van der Waals surface area contributed by atoms with Gasteiger partial charge in [-0.15, -0.1) is 0 Å². The predicted octanol–water partition coefficient (Wildman–Crippen LogP) is 2.02. The number of carbonyl (C=O) groups is 1. The fourth-order valence-electron chi connectivity index (χ4n) is 2.08. The molecule has 0 aliphatic heterocycles. The van der Waals surface area contributed by atoms with Gasteiger partial charge in [0, 0.05) is 26.3 Å². The van der Waals surface area contributed by atoms with E-state index in [0.717, 1.165) is 11.3 Å². The van der Waals surface area contributed by atoms with Crippen molar-refractivity contribution in [2.24, 2.45) is 0 Å². The van der Waals surface area contributed by atoms with Crippen LogP contribution in [0.4, 0.5) is 5.69 Å². The number of hydrogen-bond acceptors (Lipinski definition) is 5. The van der Waals surface area contributed by atoms with Crippen LogP contribution in [0.15, 0.2) is 53.4 Å². The molecule has 0 atom stereocenters. The first-order chi connectivity index (χ1) is 11.3. The molecular formula is C17H20N2O4S. The second-order valence-corrected chi connectivity index (χ2v) is 7.17. The summed E-state index contributed by atoms with van der Waals surface area (Å²) in [6.45, 7) is 0.165. The van der Waals surface area contributed by atoms with E-state index in [2.05, 4.69) is 9.46 Å². The maximum Gasteiger partial charge on any atom is 0.337 e. The predicted molar refractivity (Wildman–Crippen MR) is 92.6 cm³/mol. The molecule has 24 heavy (non-hydrogen) atoms. The van der Waals surface area contributed by atoms with Crippen LogP contribution in [-0.4, -0.2) is 35.6 Å². The molecule has 0 amide bonds. The van der Waals surface area contributed by atoms with E-state index in [4.69, 9.17) is 0 Å². The summed E-state index contributed by atoms with van der Waals surface area (Å²) >= 11 is 0. The van der Waals surface area contributed by atoms with Crippen molar-refractivity contribution in [1.29, 1.82) is 0 Å². The van der Waals surface area contributed by atoms with Crippen molar-refractivity contribution >= 4 is 21.7 Å². The number of rotatable bonds is 6. The summed E-state index contributed by atoms with van der Waals surface area (Å²) in [6, 6.07) is 13.3.